The maximum atomic E-state index is 13.3. The first-order valence-electron chi connectivity index (χ1n) is 14.7. The molecule has 2 aliphatic heterocycles. The van der Waals surface area contributed by atoms with Gasteiger partial charge in [-0.1, -0.05) is 34.1 Å². The van der Waals surface area contributed by atoms with Crippen molar-refractivity contribution in [1.82, 2.24) is 10.1 Å². The Morgan fingerprint density at radius 1 is 1.29 bits per heavy atom. The summed E-state index contributed by atoms with van der Waals surface area (Å²) in [4.78, 5) is 40.8. The molecular formula is C29H48N3O8PS. The van der Waals surface area contributed by atoms with Crippen LogP contribution in [0, 0.1) is 17.3 Å². The molecule has 0 bridgehead atoms. The van der Waals surface area contributed by atoms with Gasteiger partial charge in [0, 0.05) is 24.3 Å². The van der Waals surface area contributed by atoms with Crippen molar-refractivity contribution in [2.24, 2.45) is 23.0 Å². The molecule has 42 heavy (non-hydrogen) atoms. The van der Waals surface area contributed by atoms with Gasteiger partial charge in [0.2, 0.25) is 0 Å². The highest BCUT2D eigenvalue weighted by Gasteiger charge is 2.53. The smallest absolute Gasteiger partial charge is 0.309 e. The zero-order valence-corrected chi connectivity index (χ0v) is 27.2. The summed E-state index contributed by atoms with van der Waals surface area (Å²) in [7, 11) is -3.53. The van der Waals surface area contributed by atoms with Crippen molar-refractivity contribution >= 4 is 36.7 Å². The number of nitrogens with zero attached hydrogens (tertiary/aromatic N) is 1. The maximum absolute atomic E-state index is 13.3. The molecule has 11 nitrogen and oxygen atoms in total. The van der Waals surface area contributed by atoms with E-state index in [1.54, 1.807) is 20.8 Å². The van der Waals surface area contributed by atoms with Crippen LogP contribution in [-0.2, 0) is 30.2 Å². The molecule has 0 saturated carbocycles. The number of ketones is 1. The van der Waals surface area contributed by atoms with Crippen molar-refractivity contribution in [3.63, 3.8) is 0 Å². The molecule has 2 saturated heterocycles. The summed E-state index contributed by atoms with van der Waals surface area (Å²) in [6.45, 7) is 10.9. The number of Topliss-reactive ketones (excluding diaryl/α,β-unsaturated/α-hetero) is 1. The number of nitrogens with one attached hydrogen (secondary N) is 1. The quantitative estimate of drug-likeness (QED) is 0.169. The third-order valence-corrected chi connectivity index (χ3v) is 11.2. The number of fused-ring (bicyclic) bond motifs is 1. The first-order chi connectivity index (χ1) is 19.5. The van der Waals surface area contributed by atoms with Crippen molar-refractivity contribution in [3.8, 4) is 0 Å². The molecule has 0 aliphatic carbocycles. The van der Waals surface area contributed by atoms with Gasteiger partial charge in [0.05, 0.1) is 54.1 Å². The summed E-state index contributed by atoms with van der Waals surface area (Å²) in [6, 6.07) is 0. The summed E-state index contributed by atoms with van der Waals surface area (Å²) < 4.78 is 24.0. The molecular weight excluding hydrogens is 581 g/mol. The number of rotatable bonds is 7. The minimum atomic E-state index is -3.53. The molecule has 0 amide bonds. The number of carbonyl (C=O) groups is 2. The van der Waals surface area contributed by atoms with Crippen LogP contribution in [0.3, 0.4) is 0 Å². The minimum absolute atomic E-state index is 0.0283. The minimum Gasteiger partial charge on any atom is -0.458 e. The number of hydrogen-bond donors (Lipinski definition) is 5. The first kappa shape index (κ1) is 35.0. The second-order valence-corrected chi connectivity index (χ2v) is 15.8. The van der Waals surface area contributed by atoms with E-state index >= 15 is 0 Å². The average molecular weight is 630 g/mol. The van der Waals surface area contributed by atoms with Gasteiger partial charge in [0.1, 0.15) is 16.9 Å². The molecule has 0 aromatic carbocycles. The Morgan fingerprint density at radius 3 is 2.64 bits per heavy atom. The summed E-state index contributed by atoms with van der Waals surface area (Å²) in [5, 5.41) is 26.9. The van der Waals surface area contributed by atoms with Crippen LogP contribution in [0.15, 0.2) is 11.0 Å². The first-order valence-corrected chi connectivity index (χ1v) is 17.4. The van der Waals surface area contributed by atoms with E-state index in [9.17, 15) is 29.3 Å². The van der Waals surface area contributed by atoms with Gasteiger partial charge in [-0.15, -0.1) is 11.3 Å². The highest BCUT2D eigenvalue weighted by molar-refractivity contribution is 7.55. The van der Waals surface area contributed by atoms with Crippen LogP contribution in [-0.4, -0.2) is 74.6 Å². The van der Waals surface area contributed by atoms with Crippen LogP contribution >= 0.6 is 18.9 Å². The van der Waals surface area contributed by atoms with Crippen molar-refractivity contribution in [1.29, 1.82) is 0 Å². The molecule has 13 heteroatoms. The van der Waals surface area contributed by atoms with E-state index in [1.807, 2.05) is 32.2 Å². The largest absolute Gasteiger partial charge is 0.458 e. The Morgan fingerprint density at radius 2 is 1.98 bits per heavy atom. The van der Waals surface area contributed by atoms with Gasteiger partial charge in [-0.3, -0.25) is 14.2 Å². The number of esters is 1. The summed E-state index contributed by atoms with van der Waals surface area (Å²) in [5.74, 6) is -1.75. The Bertz CT molecular complexity index is 1190. The zero-order chi connectivity index (χ0) is 31.5. The van der Waals surface area contributed by atoms with Gasteiger partial charge in [-0.05, 0) is 44.3 Å². The Labute approximate surface area is 252 Å². The Kier molecular flexibility index (Phi) is 11.7. The SMILES string of the molecule is C/C(=C\c1csc(CNP(=O)(O)CCN)n1)C1C[C@@H]2O[C@]2(C)CCCC(C)[C@H](O)C(C)C(=O)C(C)(C)C(O)CC(=O)O1. The number of ether oxygens (including phenoxy) is 2. The Balaban J connectivity index is 1.80. The van der Waals surface area contributed by atoms with Crippen molar-refractivity contribution in [2.45, 2.75) is 110 Å². The van der Waals surface area contributed by atoms with Crippen molar-refractivity contribution < 1.29 is 38.7 Å². The van der Waals surface area contributed by atoms with Gasteiger partial charge in [0.15, 0.2) is 0 Å². The second kappa shape index (κ2) is 14.1. The van der Waals surface area contributed by atoms with Crippen LogP contribution in [0.2, 0.25) is 0 Å². The van der Waals surface area contributed by atoms with Crippen molar-refractivity contribution in [3.05, 3.63) is 21.7 Å². The number of aliphatic hydroxyl groups is 2. The summed E-state index contributed by atoms with van der Waals surface area (Å²) in [6.07, 6.45) is 1.20. The van der Waals surface area contributed by atoms with Crippen LogP contribution < -0.4 is 10.8 Å². The van der Waals surface area contributed by atoms with E-state index in [4.69, 9.17) is 15.2 Å². The number of hydrogen-bond acceptors (Lipinski definition) is 10. The topological polar surface area (TPSA) is 185 Å². The third-order valence-electron chi connectivity index (χ3n) is 8.77. The van der Waals surface area contributed by atoms with Crippen LogP contribution in [0.25, 0.3) is 6.08 Å². The van der Waals surface area contributed by atoms with Crippen LogP contribution in [0.4, 0.5) is 0 Å². The van der Waals surface area contributed by atoms with Gasteiger partial charge in [-0.2, -0.15) is 0 Å². The second-order valence-electron chi connectivity index (χ2n) is 12.7. The normalized spacial score (nSPS) is 34.8. The monoisotopic (exact) mass is 629 g/mol. The molecule has 3 heterocycles. The molecule has 8 atom stereocenters. The number of epoxide rings is 1. The van der Waals surface area contributed by atoms with Gasteiger partial charge >= 0.3 is 5.97 Å². The number of cyclic esters (lactones) is 1. The predicted octanol–water partition coefficient (Wildman–Crippen LogP) is 3.40. The Hall–Kier alpha value is -1.50. The van der Waals surface area contributed by atoms with E-state index in [1.165, 1.54) is 11.3 Å². The maximum Gasteiger partial charge on any atom is 0.309 e. The summed E-state index contributed by atoms with van der Waals surface area (Å²) >= 11 is 1.34. The van der Waals surface area contributed by atoms with Crippen LogP contribution in [0.1, 0.15) is 84.3 Å². The molecule has 0 radical (unpaired) electrons. The number of nitrogens with two attached hydrogens (primary N) is 1. The molecule has 5 unspecified atom stereocenters. The summed E-state index contributed by atoms with van der Waals surface area (Å²) in [5.41, 5.74) is 5.11. The zero-order valence-electron chi connectivity index (χ0n) is 25.5. The van der Waals surface area contributed by atoms with E-state index < -0.39 is 43.1 Å². The molecule has 6 N–H and O–H groups in total. The number of carbonyl (C=O) groups excluding carboxylic acids is 2. The highest BCUT2D eigenvalue weighted by atomic mass is 32.1. The van der Waals surface area contributed by atoms with E-state index in [0.717, 1.165) is 24.8 Å². The fourth-order valence-corrected chi connectivity index (χ4v) is 7.24. The van der Waals surface area contributed by atoms with Gasteiger partial charge < -0.3 is 30.3 Å². The molecule has 2 aliphatic rings. The number of aromatic nitrogens is 1. The molecule has 1 aromatic heterocycles. The van der Waals surface area contributed by atoms with Gasteiger partial charge in [0.25, 0.3) is 7.52 Å². The fraction of sp³-hybridized carbons (Fsp3) is 0.759. The van der Waals surface area contributed by atoms with Crippen molar-refractivity contribution in [2.75, 3.05) is 12.7 Å². The molecule has 1 aromatic rings. The lowest BCUT2D eigenvalue weighted by molar-refractivity contribution is -0.154. The number of thiazole rings is 1. The highest BCUT2D eigenvalue weighted by Crippen LogP contribution is 2.45. The van der Waals surface area contributed by atoms with E-state index in [2.05, 4.69) is 10.1 Å². The van der Waals surface area contributed by atoms with E-state index in [0.29, 0.717) is 17.1 Å². The van der Waals surface area contributed by atoms with Crippen LogP contribution in [0.5, 0.6) is 0 Å². The van der Waals surface area contributed by atoms with Gasteiger partial charge in [-0.25, -0.2) is 10.1 Å². The lowest BCUT2D eigenvalue weighted by atomic mass is 9.73. The molecule has 2 fully saturated rings. The molecule has 3 rings (SSSR count). The average Bonchev–Trinajstić information content (AvgIpc) is 3.31. The third kappa shape index (κ3) is 9.01. The standard InChI is InChI=1S/C29H48N3O8PS/c1-17-8-7-9-29(6)23(40-29)13-21(39-25(34)14-22(33)28(4,5)27(36)19(3)26(17)35)18(2)12-20-16-42-24(32-20)15-31-41(37,38)11-10-30/h12,16-17,19,21-23,26,33,35H,7-11,13-15,30H2,1-6H3,(H2,31,37,38)/b18-12+/t17?,19?,21?,22?,23-,26-,29+/m0/s1. The lowest BCUT2D eigenvalue weighted by Gasteiger charge is -2.34. The molecule has 238 valence electrons. The predicted molar refractivity (Wildman–Crippen MR) is 162 cm³/mol. The fourth-order valence-electron chi connectivity index (χ4n) is 5.54. The molecule has 0 spiro atoms. The van der Waals surface area contributed by atoms with E-state index in [-0.39, 0.29) is 49.1 Å². The number of aliphatic hydroxyl groups excluding tert-OH is 2. The lowest BCUT2D eigenvalue weighted by Crippen LogP contribution is -2.45.